The van der Waals surface area contributed by atoms with Crippen molar-refractivity contribution in [1.82, 2.24) is 0 Å². The number of aliphatic hydroxyl groups excluding tert-OH is 2. The Balaban J connectivity index is 3.74. The summed E-state index contributed by atoms with van der Waals surface area (Å²) in [5, 5.41) is 19.6. The lowest BCUT2D eigenvalue weighted by molar-refractivity contribution is -0.117. The summed E-state index contributed by atoms with van der Waals surface area (Å²) in [6, 6.07) is 0. The second-order valence-electron chi connectivity index (χ2n) is 7.65. The maximum atomic E-state index is 10.8. The predicted octanol–water partition coefficient (Wildman–Crippen LogP) is 6.39. The highest BCUT2D eigenvalue weighted by Crippen LogP contribution is 2.08. The first kappa shape index (κ1) is 28.9. The molecule has 2 atom stereocenters. The largest absolute Gasteiger partial charge is 0.389 e. The van der Waals surface area contributed by atoms with Crippen LogP contribution in [0.4, 0.5) is 0 Å². The normalized spacial score (nSPS) is 14.2. The van der Waals surface area contributed by atoms with Crippen molar-refractivity contribution in [1.29, 1.82) is 0 Å². The molecule has 172 valence electrons. The Kier molecular flexibility index (Phi) is 21.0. The van der Waals surface area contributed by atoms with E-state index in [4.69, 9.17) is 0 Å². The molecule has 0 spiro atoms. The minimum absolute atomic E-state index is 0.296. The van der Waals surface area contributed by atoms with E-state index in [1.807, 2.05) is 18.2 Å². The van der Waals surface area contributed by atoms with E-state index >= 15 is 0 Å². The first-order valence-electron chi connectivity index (χ1n) is 11.7. The van der Waals surface area contributed by atoms with Gasteiger partial charge in [0.05, 0.1) is 6.10 Å². The van der Waals surface area contributed by atoms with Crippen molar-refractivity contribution in [3.63, 3.8) is 0 Å². The van der Waals surface area contributed by atoms with E-state index < -0.39 is 12.2 Å². The van der Waals surface area contributed by atoms with Crippen LogP contribution in [0.2, 0.25) is 0 Å². The molecule has 0 radical (unpaired) electrons. The Hall–Kier alpha value is -2.15. The number of hydrogen-bond donors (Lipinski definition) is 2. The fraction of sp³-hybridized carbons (Fsp3) is 0.536. The fourth-order valence-electron chi connectivity index (χ4n) is 2.76. The average Bonchev–Trinajstić information content (AvgIpc) is 2.73. The lowest BCUT2D eigenvalue weighted by Gasteiger charge is -1.99. The maximum Gasteiger partial charge on any atom is 0.129 e. The van der Waals surface area contributed by atoms with Crippen molar-refractivity contribution in [2.24, 2.45) is 0 Å². The highest BCUT2D eigenvalue weighted by molar-refractivity contribution is 5.75. The van der Waals surface area contributed by atoms with Crippen molar-refractivity contribution in [3.05, 3.63) is 60.8 Å². The molecule has 0 aromatic carbocycles. The van der Waals surface area contributed by atoms with E-state index in [1.165, 1.54) is 19.3 Å². The standard InChI is InChI=1S/C28H42O3/c1-3-4-16-22-27(30)24-19-14-15-20-25-28(31)23-18-13-11-9-7-5-6-8-10-12-17-21-26(2)29/h4,7,9,13-16,18,20,25,27-28,30-31H,3,5-6,8,10-12,17,21-23H2,1-2H3/b9-7-,15-14+,16-4-,18-13-,25-20+. The van der Waals surface area contributed by atoms with Crippen LogP contribution in [0, 0.1) is 11.8 Å². The molecule has 0 heterocycles. The van der Waals surface area contributed by atoms with Crippen LogP contribution in [0.25, 0.3) is 0 Å². The zero-order chi connectivity index (χ0) is 23.0. The molecule has 2 unspecified atom stereocenters. The minimum Gasteiger partial charge on any atom is -0.389 e. The van der Waals surface area contributed by atoms with Gasteiger partial charge in [0, 0.05) is 12.8 Å². The quantitative estimate of drug-likeness (QED) is 0.123. The smallest absolute Gasteiger partial charge is 0.129 e. The molecule has 0 aromatic rings. The monoisotopic (exact) mass is 426 g/mol. The molecule has 0 aliphatic carbocycles. The first-order chi connectivity index (χ1) is 15.1. The van der Waals surface area contributed by atoms with Crippen LogP contribution in [0.5, 0.6) is 0 Å². The van der Waals surface area contributed by atoms with Crippen molar-refractivity contribution < 1.29 is 15.0 Å². The molecular formula is C28H42O3. The summed E-state index contributed by atoms with van der Waals surface area (Å²) in [7, 11) is 0. The number of ketones is 1. The summed E-state index contributed by atoms with van der Waals surface area (Å²) >= 11 is 0. The molecule has 0 aliphatic heterocycles. The van der Waals surface area contributed by atoms with E-state index in [-0.39, 0.29) is 0 Å². The lowest BCUT2D eigenvalue weighted by Crippen LogP contribution is -1.99. The molecule has 0 saturated carbocycles. The first-order valence-corrected chi connectivity index (χ1v) is 11.7. The molecule has 0 aromatic heterocycles. The van der Waals surface area contributed by atoms with Gasteiger partial charge in [0.15, 0.2) is 0 Å². The Morgan fingerprint density at radius 3 is 2.35 bits per heavy atom. The molecule has 3 nitrogen and oxygen atoms in total. The van der Waals surface area contributed by atoms with E-state index in [0.29, 0.717) is 18.6 Å². The average molecular weight is 427 g/mol. The van der Waals surface area contributed by atoms with Gasteiger partial charge in [-0.3, -0.25) is 0 Å². The van der Waals surface area contributed by atoms with Crippen LogP contribution in [0.15, 0.2) is 60.8 Å². The Bertz CT molecular complexity index is 641. The highest BCUT2D eigenvalue weighted by Gasteiger charge is 1.94. The number of rotatable bonds is 17. The maximum absolute atomic E-state index is 10.8. The number of aliphatic hydroxyl groups is 2. The van der Waals surface area contributed by atoms with E-state index in [2.05, 4.69) is 37.0 Å². The second kappa shape index (κ2) is 22.5. The van der Waals surface area contributed by atoms with Crippen LogP contribution in [0.1, 0.15) is 84.5 Å². The number of unbranched alkanes of at least 4 members (excludes halogenated alkanes) is 5. The highest BCUT2D eigenvalue weighted by atomic mass is 16.3. The van der Waals surface area contributed by atoms with Gasteiger partial charge in [-0.1, -0.05) is 92.7 Å². The molecule has 2 N–H and O–H groups in total. The number of carbonyl (C=O) groups excluding carboxylic acids is 1. The van der Waals surface area contributed by atoms with Crippen molar-refractivity contribution in [2.75, 3.05) is 0 Å². The van der Waals surface area contributed by atoms with Crippen LogP contribution in [-0.4, -0.2) is 28.2 Å². The molecule has 0 aliphatic rings. The number of Topliss-reactive ketones (excluding diaryl/α,β-unsaturated/α-hetero) is 1. The third-order valence-electron chi connectivity index (χ3n) is 4.52. The van der Waals surface area contributed by atoms with Crippen LogP contribution >= 0.6 is 0 Å². The zero-order valence-electron chi connectivity index (χ0n) is 19.5. The topological polar surface area (TPSA) is 57.5 Å². The van der Waals surface area contributed by atoms with E-state index in [0.717, 1.165) is 38.5 Å². The predicted molar refractivity (Wildman–Crippen MR) is 133 cm³/mol. The summed E-state index contributed by atoms with van der Waals surface area (Å²) in [6.07, 6.45) is 28.9. The minimum atomic E-state index is -0.634. The molecule has 0 fully saturated rings. The van der Waals surface area contributed by atoms with Crippen molar-refractivity contribution in [2.45, 2.75) is 96.7 Å². The second-order valence-corrected chi connectivity index (χ2v) is 7.65. The third kappa shape index (κ3) is 24.0. The van der Waals surface area contributed by atoms with Gasteiger partial charge < -0.3 is 15.0 Å². The Morgan fingerprint density at radius 1 is 0.871 bits per heavy atom. The van der Waals surface area contributed by atoms with Gasteiger partial charge in [-0.25, -0.2) is 0 Å². The molecular weight excluding hydrogens is 384 g/mol. The third-order valence-corrected chi connectivity index (χ3v) is 4.52. The summed E-state index contributed by atoms with van der Waals surface area (Å²) in [5.74, 6) is 5.85. The molecule has 0 amide bonds. The molecule has 3 heteroatoms. The number of allylic oxidation sites excluding steroid dienone is 7. The van der Waals surface area contributed by atoms with Gasteiger partial charge in [-0.2, -0.15) is 0 Å². The SMILES string of the molecule is CC/C=C\CC(O)C#C/C=C/C=C/C(O)C/C=C\C/C=C\CCCCCCCC(C)=O. The van der Waals surface area contributed by atoms with Gasteiger partial charge in [0.1, 0.15) is 11.9 Å². The van der Waals surface area contributed by atoms with Gasteiger partial charge in [0.25, 0.3) is 0 Å². The summed E-state index contributed by atoms with van der Waals surface area (Å²) in [4.78, 5) is 10.8. The Labute approximate surface area is 190 Å². The molecule has 0 rings (SSSR count). The number of carbonyl (C=O) groups is 1. The van der Waals surface area contributed by atoms with Gasteiger partial charge in [-0.15, -0.1) is 0 Å². The van der Waals surface area contributed by atoms with Gasteiger partial charge >= 0.3 is 0 Å². The van der Waals surface area contributed by atoms with Crippen LogP contribution in [-0.2, 0) is 4.79 Å². The van der Waals surface area contributed by atoms with Crippen LogP contribution < -0.4 is 0 Å². The zero-order valence-corrected chi connectivity index (χ0v) is 19.5. The van der Waals surface area contributed by atoms with E-state index in [9.17, 15) is 15.0 Å². The van der Waals surface area contributed by atoms with E-state index in [1.54, 1.807) is 31.2 Å². The fourth-order valence-corrected chi connectivity index (χ4v) is 2.76. The summed E-state index contributed by atoms with van der Waals surface area (Å²) in [5.41, 5.74) is 0. The molecule has 31 heavy (non-hydrogen) atoms. The lowest BCUT2D eigenvalue weighted by atomic mass is 10.1. The van der Waals surface area contributed by atoms with Gasteiger partial charge in [-0.05, 0) is 51.5 Å². The molecule has 0 bridgehead atoms. The Morgan fingerprint density at radius 2 is 1.58 bits per heavy atom. The molecule has 0 saturated heterocycles. The van der Waals surface area contributed by atoms with Crippen molar-refractivity contribution in [3.8, 4) is 11.8 Å². The summed E-state index contributed by atoms with van der Waals surface area (Å²) < 4.78 is 0. The van der Waals surface area contributed by atoms with Crippen LogP contribution in [0.3, 0.4) is 0 Å². The number of hydrogen-bond acceptors (Lipinski definition) is 3. The van der Waals surface area contributed by atoms with Gasteiger partial charge in [0.2, 0.25) is 0 Å². The summed E-state index contributed by atoms with van der Waals surface area (Å²) in [6.45, 7) is 3.71. The van der Waals surface area contributed by atoms with Crippen molar-refractivity contribution >= 4 is 5.78 Å².